The van der Waals surface area contributed by atoms with Crippen LogP contribution < -0.4 is 0 Å². The Labute approximate surface area is 80.2 Å². The Balaban J connectivity index is 4.45. The van der Waals surface area contributed by atoms with Gasteiger partial charge in [-0.2, -0.15) is 0 Å². The fraction of sp³-hybridized carbons (Fsp3) is 0.800. The van der Waals surface area contributed by atoms with Gasteiger partial charge in [-0.3, -0.25) is 9.79 Å². The van der Waals surface area contributed by atoms with E-state index in [1.54, 1.807) is 0 Å². The Morgan fingerprint density at radius 1 is 1.38 bits per heavy atom. The van der Waals surface area contributed by atoms with Gasteiger partial charge in [-0.05, 0) is 20.3 Å². The summed E-state index contributed by atoms with van der Waals surface area (Å²) in [6, 6.07) is 0.170. The van der Waals surface area contributed by atoms with Gasteiger partial charge in [-0.1, -0.05) is 13.8 Å². The van der Waals surface area contributed by atoms with Gasteiger partial charge in [0.15, 0.2) is 5.90 Å². The monoisotopic (exact) mass is 185 g/mol. The molecule has 0 aliphatic carbocycles. The first-order valence-corrected chi connectivity index (χ1v) is 4.73. The average molecular weight is 185 g/mol. The van der Waals surface area contributed by atoms with E-state index in [1.807, 2.05) is 27.7 Å². The molecule has 0 rings (SSSR count). The molecule has 0 amide bonds. The summed E-state index contributed by atoms with van der Waals surface area (Å²) in [7, 11) is 0. The first kappa shape index (κ1) is 12.1. The lowest BCUT2D eigenvalue weighted by molar-refractivity contribution is -0.133. The standard InChI is InChI=1S/C10H19NO2/c1-6-8(4)10(11-7(2)3)13-9(5)12/h7-8H,6H2,1-5H3. The first-order chi connectivity index (χ1) is 5.97. The van der Waals surface area contributed by atoms with Crippen molar-refractivity contribution in [3.8, 4) is 0 Å². The summed E-state index contributed by atoms with van der Waals surface area (Å²) in [6.07, 6.45) is 0.929. The predicted molar refractivity (Wildman–Crippen MR) is 53.8 cm³/mol. The van der Waals surface area contributed by atoms with E-state index in [9.17, 15) is 4.79 Å². The zero-order chi connectivity index (χ0) is 10.4. The van der Waals surface area contributed by atoms with E-state index in [1.165, 1.54) is 6.92 Å². The lowest BCUT2D eigenvalue weighted by Gasteiger charge is -2.12. The highest BCUT2D eigenvalue weighted by atomic mass is 16.5. The number of carbonyl (C=O) groups is 1. The molecule has 0 bridgehead atoms. The topological polar surface area (TPSA) is 38.7 Å². The first-order valence-electron chi connectivity index (χ1n) is 4.73. The van der Waals surface area contributed by atoms with Gasteiger partial charge in [0.1, 0.15) is 0 Å². The van der Waals surface area contributed by atoms with Gasteiger partial charge in [0, 0.05) is 18.9 Å². The van der Waals surface area contributed by atoms with Gasteiger partial charge in [0.25, 0.3) is 0 Å². The molecule has 0 saturated heterocycles. The largest absolute Gasteiger partial charge is 0.412 e. The van der Waals surface area contributed by atoms with Gasteiger partial charge in [-0.15, -0.1) is 0 Å². The smallest absolute Gasteiger partial charge is 0.309 e. The summed E-state index contributed by atoms with van der Waals surface area (Å²) in [5.74, 6) is 0.482. The second kappa shape index (κ2) is 5.73. The van der Waals surface area contributed by atoms with Crippen LogP contribution in [0.1, 0.15) is 41.0 Å². The van der Waals surface area contributed by atoms with Crippen molar-refractivity contribution < 1.29 is 9.53 Å². The summed E-state index contributed by atoms with van der Waals surface area (Å²) in [5.41, 5.74) is 0. The number of carbonyl (C=O) groups excluding carboxylic acids is 1. The molecule has 0 saturated carbocycles. The van der Waals surface area contributed by atoms with Crippen LogP contribution in [0.3, 0.4) is 0 Å². The minimum Gasteiger partial charge on any atom is -0.412 e. The third kappa shape index (κ3) is 5.39. The molecule has 0 spiro atoms. The number of nitrogens with zero attached hydrogens (tertiary/aromatic N) is 1. The number of aliphatic imine (C=N–C) groups is 1. The highest BCUT2D eigenvalue weighted by Crippen LogP contribution is 2.07. The molecular formula is C10H19NO2. The van der Waals surface area contributed by atoms with E-state index >= 15 is 0 Å². The van der Waals surface area contributed by atoms with Crippen LogP contribution in [0.2, 0.25) is 0 Å². The molecule has 1 unspecified atom stereocenters. The number of esters is 1. The molecule has 0 aromatic carbocycles. The number of ether oxygens (including phenoxy) is 1. The Hall–Kier alpha value is -0.860. The summed E-state index contributed by atoms with van der Waals surface area (Å²) in [6.45, 7) is 9.38. The zero-order valence-electron chi connectivity index (χ0n) is 9.13. The van der Waals surface area contributed by atoms with Crippen molar-refractivity contribution in [2.75, 3.05) is 0 Å². The molecule has 0 aliphatic rings. The van der Waals surface area contributed by atoms with Crippen molar-refractivity contribution in [3.05, 3.63) is 0 Å². The predicted octanol–water partition coefficient (Wildman–Crippen LogP) is 2.40. The zero-order valence-corrected chi connectivity index (χ0v) is 9.13. The molecule has 0 aromatic rings. The minimum absolute atomic E-state index is 0.170. The normalized spacial score (nSPS) is 14.5. The second-order valence-electron chi connectivity index (χ2n) is 3.46. The van der Waals surface area contributed by atoms with E-state index in [-0.39, 0.29) is 17.9 Å². The van der Waals surface area contributed by atoms with Crippen LogP contribution in [0.5, 0.6) is 0 Å². The summed E-state index contributed by atoms with van der Waals surface area (Å²) in [5, 5.41) is 0. The van der Waals surface area contributed by atoms with Crippen LogP contribution in [-0.2, 0) is 9.53 Å². The number of hydrogen-bond acceptors (Lipinski definition) is 3. The van der Waals surface area contributed by atoms with Gasteiger partial charge < -0.3 is 4.74 Å². The highest BCUT2D eigenvalue weighted by Gasteiger charge is 2.12. The summed E-state index contributed by atoms with van der Waals surface area (Å²) >= 11 is 0. The quantitative estimate of drug-likeness (QED) is 0.385. The molecule has 3 nitrogen and oxygen atoms in total. The van der Waals surface area contributed by atoms with Gasteiger partial charge in [0.05, 0.1) is 0 Å². The highest BCUT2D eigenvalue weighted by molar-refractivity contribution is 5.89. The third-order valence-corrected chi connectivity index (χ3v) is 1.67. The Kier molecular flexibility index (Phi) is 5.35. The third-order valence-electron chi connectivity index (χ3n) is 1.67. The number of hydrogen-bond donors (Lipinski definition) is 0. The van der Waals surface area contributed by atoms with Gasteiger partial charge >= 0.3 is 5.97 Å². The molecular weight excluding hydrogens is 166 g/mol. The Morgan fingerprint density at radius 3 is 2.23 bits per heavy atom. The van der Waals surface area contributed by atoms with E-state index in [0.717, 1.165) is 6.42 Å². The van der Waals surface area contributed by atoms with Crippen LogP contribution >= 0.6 is 0 Å². The molecule has 0 radical (unpaired) electrons. The number of rotatable bonds is 3. The molecule has 13 heavy (non-hydrogen) atoms. The van der Waals surface area contributed by atoms with Crippen molar-refractivity contribution in [1.29, 1.82) is 0 Å². The summed E-state index contributed by atoms with van der Waals surface area (Å²) in [4.78, 5) is 15.0. The Morgan fingerprint density at radius 2 is 1.92 bits per heavy atom. The lowest BCUT2D eigenvalue weighted by atomic mass is 10.1. The van der Waals surface area contributed by atoms with Crippen LogP contribution in [0.15, 0.2) is 4.99 Å². The van der Waals surface area contributed by atoms with Gasteiger partial charge in [0.2, 0.25) is 0 Å². The van der Waals surface area contributed by atoms with E-state index < -0.39 is 0 Å². The van der Waals surface area contributed by atoms with Crippen molar-refractivity contribution in [2.45, 2.75) is 47.1 Å². The van der Waals surface area contributed by atoms with Crippen molar-refractivity contribution in [2.24, 2.45) is 10.9 Å². The molecule has 0 fully saturated rings. The molecule has 0 heterocycles. The average Bonchev–Trinajstić information content (AvgIpc) is 2.00. The SMILES string of the molecule is CCC(C)C(=NC(C)C)OC(C)=O. The maximum absolute atomic E-state index is 10.8. The molecule has 1 atom stereocenters. The van der Waals surface area contributed by atoms with Crippen molar-refractivity contribution in [1.82, 2.24) is 0 Å². The fourth-order valence-corrected chi connectivity index (χ4v) is 0.831. The van der Waals surface area contributed by atoms with Crippen molar-refractivity contribution >= 4 is 11.9 Å². The molecule has 0 N–H and O–H groups in total. The maximum atomic E-state index is 10.8. The molecule has 3 heteroatoms. The van der Waals surface area contributed by atoms with E-state index in [0.29, 0.717) is 5.90 Å². The maximum Gasteiger partial charge on any atom is 0.309 e. The molecule has 76 valence electrons. The Bertz CT molecular complexity index is 197. The van der Waals surface area contributed by atoms with Crippen LogP contribution in [0.25, 0.3) is 0 Å². The van der Waals surface area contributed by atoms with Crippen LogP contribution in [0.4, 0.5) is 0 Å². The van der Waals surface area contributed by atoms with Gasteiger partial charge in [-0.25, -0.2) is 0 Å². The van der Waals surface area contributed by atoms with Crippen molar-refractivity contribution in [3.63, 3.8) is 0 Å². The molecule has 0 aliphatic heterocycles. The van der Waals surface area contributed by atoms with E-state index in [4.69, 9.17) is 4.74 Å². The lowest BCUT2D eigenvalue weighted by Crippen LogP contribution is -2.19. The fourth-order valence-electron chi connectivity index (χ4n) is 0.831. The van der Waals surface area contributed by atoms with Crippen LogP contribution in [0, 0.1) is 5.92 Å². The molecule has 0 aromatic heterocycles. The second-order valence-corrected chi connectivity index (χ2v) is 3.46. The van der Waals surface area contributed by atoms with Crippen LogP contribution in [-0.4, -0.2) is 17.9 Å². The van der Waals surface area contributed by atoms with E-state index in [2.05, 4.69) is 4.99 Å². The minimum atomic E-state index is -0.292. The summed E-state index contributed by atoms with van der Waals surface area (Å²) < 4.78 is 5.02.